The molecule has 1 aromatic heterocycles. The fourth-order valence-electron chi connectivity index (χ4n) is 4.14. The van der Waals surface area contributed by atoms with E-state index in [9.17, 15) is 13.2 Å². The van der Waals surface area contributed by atoms with E-state index >= 15 is 0 Å². The van der Waals surface area contributed by atoms with E-state index in [0.717, 1.165) is 32.5 Å². The third-order valence-corrected chi connectivity index (χ3v) is 8.27. The van der Waals surface area contributed by atoms with Crippen LogP contribution in [0.15, 0.2) is 88.9 Å². The number of nitrogens with zero attached hydrogens (tertiary/aromatic N) is 3. The second-order valence-electron chi connectivity index (χ2n) is 9.07. The summed E-state index contributed by atoms with van der Waals surface area (Å²) in [5.41, 5.74) is 8.61. The molecule has 0 aliphatic heterocycles. The van der Waals surface area contributed by atoms with Gasteiger partial charge in [-0.1, -0.05) is 59.1 Å². The Balaban J connectivity index is 1.56. The molecule has 0 fully saturated rings. The Labute approximate surface area is 228 Å². The van der Waals surface area contributed by atoms with Crippen LogP contribution in [0.25, 0.3) is 5.69 Å². The lowest BCUT2D eigenvalue weighted by Gasteiger charge is -2.24. The van der Waals surface area contributed by atoms with Crippen molar-refractivity contribution in [3.8, 4) is 5.69 Å². The maximum atomic E-state index is 13.5. The number of hydrazone groups is 1. The Morgan fingerprint density at radius 2 is 1.55 bits per heavy atom. The monoisotopic (exact) mass is 548 g/mol. The number of hydrogen-bond acceptors (Lipinski definition) is 4. The van der Waals surface area contributed by atoms with Crippen molar-refractivity contribution in [1.29, 1.82) is 0 Å². The van der Waals surface area contributed by atoms with E-state index in [1.54, 1.807) is 42.6 Å². The van der Waals surface area contributed by atoms with E-state index in [-0.39, 0.29) is 15.6 Å². The van der Waals surface area contributed by atoms with Crippen LogP contribution in [0.1, 0.15) is 28.1 Å². The molecule has 0 bridgehead atoms. The van der Waals surface area contributed by atoms with Gasteiger partial charge in [-0.05, 0) is 70.2 Å². The molecular weight excluding hydrogens is 520 g/mol. The average Bonchev–Trinajstić information content (AvgIpc) is 3.16. The molecule has 9 heteroatoms. The summed E-state index contributed by atoms with van der Waals surface area (Å²) < 4.78 is 30.1. The zero-order chi connectivity index (χ0) is 27.4. The number of benzene rings is 3. The lowest BCUT2D eigenvalue weighted by atomic mass is 10.2. The summed E-state index contributed by atoms with van der Waals surface area (Å²) in [4.78, 5) is 12.9. The second-order valence-corrected chi connectivity index (χ2v) is 11.3. The van der Waals surface area contributed by atoms with Crippen LogP contribution in [-0.4, -0.2) is 31.7 Å². The first-order valence-corrected chi connectivity index (χ1v) is 13.8. The Hall–Kier alpha value is -3.88. The van der Waals surface area contributed by atoms with Gasteiger partial charge < -0.3 is 4.57 Å². The van der Waals surface area contributed by atoms with Crippen LogP contribution in [0.3, 0.4) is 0 Å². The minimum absolute atomic E-state index is 0.0582. The van der Waals surface area contributed by atoms with Gasteiger partial charge in [0.15, 0.2) is 0 Å². The summed E-state index contributed by atoms with van der Waals surface area (Å²) in [6, 6.07) is 23.1. The largest absolute Gasteiger partial charge is 0.318 e. The standard InChI is InChI=1S/C29H29ClN4O3S/c1-20-9-13-25(14-10-20)34-22(3)17-24(23(34)4)18-31-32-29(35)19-33(28-8-6-5-7-27(28)30)38(36,37)26-15-11-21(2)12-16-26/h5-18H,19H2,1-4H3,(H,32,35)/b31-18-. The number of nitrogens with one attached hydrogen (secondary N) is 1. The Kier molecular flexibility index (Phi) is 8.04. The number of hydrogen-bond donors (Lipinski definition) is 1. The van der Waals surface area contributed by atoms with Crippen molar-refractivity contribution in [2.45, 2.75) is 32.6 Å². The molecule has 0 unspecified atom stereocenters. The Morgan fingerprint density at radius 3 is 2.18 bits per heavy atom. The van der Waals surface area contributed by atoms with Gasteiger partial charge in [0.1, 0.15) is 6.54 Å². The van der Waals surface area contributed by atoms with E-state index in [1.807, 2.05) is 33.8 Å². The maximum absolute atomic E-state index is 13.5. The van der Waals surface area contributed by atoms with Gasteiger partial charge in [0.05, 0.1) is 21.8 Å². The molecule has 0 spiro atoms. The number of rotatable bonds is 8. The fourth-order valence-corrected chi connectivity index (χ4v) is 5.87. The number of carbonyl (C=O) groups is 1. The maximum Gasteiger partial charge on any atom is 0.264 e. The first-order chi connectivity index (χ1) is 18.1. The molecule has 1 heterocycles. The number of sulfonamides is 1. The molecule has 3 aromatic carbocycles. The van der Waals surface area contributed by atoms with Crippen molar-refractivity contribution in [2.24, 2.45) is 5.10 Å². The van der Waals surface area contributed by atoms with Gasteiger partial charge in [-0.3, -0.25) is 9.10 Å². The lowest BCUT2D eigenvalue weighted by molar-refractivity contribution is -0.119. The predicted molar refractivity (Wildman–Crippen MR) is 153 cm³/mol. The molecule has 7 nitrogen and oxygen atoms in total. The highest BCUT2D eigenvalue weighted by atomic mass is 35.5. The summed E-state index contributed by atoms with van der Waals surface area (Å²) in [6.07, 6.45) is 1.55. The topological polar surface area (TPSA) is 83.8 Å². The number of carbonyl (C=O) groups excluding carboxylic acids is 1. The van der Waals surface area contributed by atoms with Crippen LogP contribution in [0.4, 0.5) is 5.69 Å². The highest BCUT2D eigenvalue weighted by molar-refractivity contribution is 7.92. The van der Waals surface area contributed by atoms with Crippen LogP contribution in [0.5, 0.6) is 0 Å². The van der Waals surface area contributed by atoms with Gasteiger partial charge in [0, 0.05) is 22.6 Å². The van der Waals surface area contributed by atoms with Crippen molar-refractivity contribution in [2.75, 3.05) is 10.8 Å². The zero-order valence-corrected chi connectivity index (χ0v) is 23.2. The third-order valence-electron chi connectivity index (χ3n) is 6.17. The molecule has 196 valence electrons. The average molecular weight is 549 g/mol. The van der Waals surface area contributed by atoms with E-state index < -0.39 is 22.5 Å². The zero-order valence-electron chi connectivity index (χ0n) is 21.6. The van der Waals surface area contributed by atoms with Gasteiger partial charge in [-0.15, -0.1) is 0 Å². The first-order valence-electron chi connectivity index (χ1n) is 12.0. The molecule has 0 aliphatic carbocycles. The SMILES string of the molecule is Cc1ccc(-n2c(C)cc(/C=N\NC(=O)CN(c3ccccc3Cl)S(=O)(=O)c3ccc(C)cc3)c2C)cc1. The van der Waals surface area contributed by atoms with Crippen LogP contribution in [-0.2, 0) is 14.8 Å². The van der Waals surface area contributed by atoms with E-state index in [4.69, 9.17) is 11.6 Å². The fraction of sp³-hybridized carbons (Fsp3) is 0.172. The van der Waals surface area contributed by atoms with Crippen molar-refractivity contribution < 1.29 is 13.2 Å². The summed E-state index contributed by atoms with van der Waals surface area (Å²) in [7, 11) is -4.08. The molecule has 38 heavy (non-hydrogen) atoms. The molecule has 0 radical (unpaired) electrons. The number of amides is 1. The van der Waals surface area contributed by atoms with Crippen LogP contribution in [0.2, 0.25) is 5.02 Å². The number of aromatic nitrogens is 1. The molecule has 0 aliphatic rings. The molecular formula is C29H29ClN4O3S. The summed E-state index contributed by atoms with van der Waals surface area (Å²) in [6.45, 7) is 7.38. The quantitative estimate of drug-likeness (QED) is 0.226. The first kappa shape index (κ1) is 27.2. The molecule has 0 saturated heterocycles. The number of halogens is 1. The molecule has 1 amide bonds. The highest BCUT2D eigenvalue weighted by Crippen LogP contribution is 2.30. The molecule has 4 aromatic rings. The van der Waals surface area contributed by atoms with E-state index in [0.29, 0.717) is 0 Å². The normalized spacial score (nSPS) is 11.6. The summed E-state index contributed by atoms with van der Waals surface area (Å²) in [5.74, 6) is -0.607. The van der Waals surface area contributed by atoms with Gasteiger partial charge in [0.25, 0.3) is 15.9 Å². The van der Waals surface area contributed by atoms with Gasteiger partial charge >= 0.3 is 0 Å². The molecule has 0 saturated carbocycles. The number of para-hydroxylation sites is 1. The van der Waals surface area contributed by atoms with Crippen LogP contribution < -0.4 is 9.73 Å². The van der Waals surface area contributed by atoms with Crippen LogP contribution >= 0.6 is 11.6 Å². The van der Waals surface area contributed by atoms with Gasteiger partial charge in [0.2, 0.25) is 0 Å². The third kappa shape index (κ3) is 5.82. The van der Waals surface area contributed by atoms with Crippen molar-refractivity contribution >= 4 is 39.4 Å². The van der Waals surface area contributed by atoms with E-state index in [1.165, 1.54) is 17.7 Å². The second kappa shape index (κ2) is 11.2. The van der Waals surface area contributed by atoms with Gasteiger partial charge in [-0.2, -0.15) is 5.10 Å². The molecule has 1 N–H and O–H groups in total. The Morgan fingerprint density at radius 1 is 0.947 bits per heavy atom. The Bertz CT molecular complexity index is 1590. The predicted octanol–water partition coefficient (Wildman–Crippen LogP) is 5.71. The number of aryl methyl sites for hydroxylation is 3. The van der Waals surface area contributed by atoms with E-state index in [2.05, 4.69) is 39.4 Å². The molecule has 0 atom stereocenters. The lowest BCUT2D eigenvalue weighted by Crippen LogP contribution is -2.39. The van der Waals surface area contributed by atoms with Gasteiger partial charge in [-0.25, -0.2) is 13.8 Å². The van der Waals surface area contributed by atoms with Crippen molar-refractivity contribution in [3.05, 3.63) is 112 Å². The highest BCUT2D eigenvalue weighted by Gasteiger charge is 2.28. The minimum atomic E-state index is -4.08. The summed E-state index contributed by atoms with van der Waals surface area (Å²) >= 11 is 6.33. The number of anilines is 1. The summed E-state index contributed by atoms with van der Waals surface area (Å²) in [5, 5.41) is 4.32. The molecule has 4 rings (SSSR count). The van der Waals surface area contributed by atoms with Crippen LogP contribution in [0, 0.1) is 27.7 Å². The minimum Gasteiger partial charge on any atom is -0.318 e. The van der Waals surface area contributed by atoms with Crippen molar-refractivity contribution in [3.63, 3.8) is 0 Å². The van der Waals surface area contributed by atoms with Crippen molar-refractivity contribution in [1.82, 2.24) is 9.99 Å². The smallest absolute Gasteiger partial charge is 0.264 e.